The number of hydrogen-bond donors (Lipinski definition) is 1. The van der Waals surface area contributed by atoms with Gasteiger partial charge in [-0.1, -0.05) is 28.1 Å². The van der Waals surface area contributed by atoms with Gasteiger partial charge >= 0.3 is 0 Å². The Labute approximate surface area is 162 Å². The Morgan fingerprint density at radius 3 is 2.85 bits per heavy atom. The number of methoxy groups -OCH3 is 1. The van der Waals surface area contributed by atoms with E-state index in [-0.39, 0.29) is 11.4 Å². The van der Waals surface area contributed by atoms with Crippen LogP contribution in [0.5, 0.6) is 5.75 Å². The summed E-state index contributed by atoms with van der Waals surface area (Å²) in [5, 5.41) is 12.2. The average Bonchev–Trinajstić information content (AvgIpc) is 3.04. The van der Waals surface area contributed by atoms with E-state index in [4.69, 9.17) is 4.74 Å². The first-order valence-electron chi connectivity index (χ1n) is 7.93. The molecule has 7 nitrogen and oxygen atoms in total. The van der Waals surface area contributed by atoms with Gasteiger partial charge in [-0.15, -0.1) is 0 Å². The third-order valence-electron chi connectivity index (χ3n) is 4.06. The number of anilines is 1. The lowest BCUT2D eigenvalue weighted by Gasteiger charge is -2.10. The van der Waals surface area contributed by atoms with Crippen molar-refractivity contribution in [3.63, 3.8) is 0 Å². The van der Waals surface area contributed by atoms with Crippen molar-refractivity contribution in [1.82, 2.24) is 14.4 Å². The summed E-state index contributed by atoms with van der Waals surface area (Å²) >= 11 is 3.34. The zero-order valence-electron chi connectivity index (χ0n) is 14.1. The van der Waals surface area contributed by atoms with E-state index in [1.54, 1.807) is 28.8 Å². The van der Waals surface area contributed by atoms with Gasteiger partial charge < -0.3 is 10.1 Å². The number of rotatable bonds is 3. The molecule has 27 heavy (non-hydrogen) atoms. The highest BCUT2D eigenvalue weighted by Gasteiger charge is 2.17. The first kappa shape index (κ1) is 17.0. The number of carbonyl (C=O) groups excluding carboxylic acids is 1. The molecule has 0 fully saturated rings. The van der Waals surface area contributed by atoms with E-state index >= 15 is 0 Å². The summed E-state index contributed by atoms with van der Waals surface area (Å²) < 4.78 is 7.70. The molecular formula is C19H12BrN5O2. The van der Waals surface area contributed by atoms with Gasteiger partial charge in [0.25, 0.3) is 5.91 Å². The summed E-state index contributed by atoms with van der Waals surface area (Å²) in [4.78, 5) is 21.5. The monoisotopic (exact) mass is 421 g/mol. The Morgan fingerprint density at radius 1 is 1.26 bits per heavy atom. The average molecular weight is 422 g/mol. The quantitative estimate of drug-likeness (QED) is 0.543. The van der Waals surface area contributed by atoms with Crippen molar-refractivity contribution in [2.24, 2.45) is 0 Å². The molecule has 2 aromatic carbocycles. The predicted octanol–water partition coefficient (Wildman–Crippen LogP) is 3.78. The molecule has 132 valence electrons. The summed E-state index contributed by atoms with van der Waals surface area (Å²) in [7, 11) is 1.49. The van der Waals surface area contributed by atoms with Crippen LogP contribution in [0.25, 0.3) is 16.8 Å². The van der Waals surface area contributed by atoms with Crippen LogP contribution in [-0.4, -0.2) is 27.4 Å². The molecule has 8 heteroatoms. The topological polar surface area (TPSA) is 92.3 Å². The Bertz CT molecular complexity index is 1240. The molecule has 0 saturated heterocycles. The van der Waals surface area contributed by atoms with Crippen molar-refractivity contribution >= 4 is 44.5 Å². The number of hydrogen-bond acceptors (Lipinski definition) is 5. The van der Waals surface area contributed by atoms with Crippen LogP contribution in [0.4, 0.5) is 5.82 Å². The molecule has 2 heterocycles. The number of nitriles is 1. The number of para-hydroxylation sites is 2. The van der Waals surface area contributed by atoms with Crippen molar-refractivity contribution in [1.29, 1.82) is 5.26 Å². The van der Waals surface area contributed by atoms with E-state index in [0.717, 1.165) is 15.5 Å². The van der Waals surface area contributed by atoms with Crippen molar-refractivity contribution in [2.75, 3.05) is 12.4 Å². The lowest BCUT2D eigenvalue weighted by atomic mass is 10.2. The SMILES string of the molecule is COc1ccc(Br)cc1C(=O)Nc1nc2nc3ccccc3n2cc1C#N. The van der Waals surface area contributed by atoms with Gasteiger partial charge in [0.05, 0.1) is 23.7 Å². The molecule has 0 unspecified atom stereocenters. The number of benzene rings is 2. The van der Waals surface area contributed by atoms with Gasteiger partial charge in [0, 0.05) is 10.7 Å². The zero-order valence-corrected chi connectivity index (χ0v) is 15.7. The second-order valence-corrected chi connectivity index (χ2v) is 6.60. The van der Waals surface area contributed by atoms with Crippen molar-refractivity contribution in [3.05, 3.63) is 64.3 Å². The molecule has 0 spiro atoms. The smallest absolute Gasteiger partial charge is 0.260 e. The Kier molecular flexibility index (Phi) is 4.22. The fourth-order valence-corrected chi connectivity index (χ4v) is 3.16. The minimum atomic E-state index is -0.433. The summed E-state index contributed by atoms with van der Waals surface area (Å²) in [5.41, 5.74) is 2.15. The molecule has 1 amide bonds. The Hall–Kier alpha value is -3.44. The molecule has 0 aliphatic carbocycles. The lowest BCUT2D eigenvalue weighted by molar-refractivity contribution is 0.102. The van der Waals surface area contributed by atoms with E-state index in [1.807, 2.05) is 24.3 Å². The summed E-state index contributed by atoms with van der Waals surface area (Å²) in [6, 6.07) is 14.7. The number of nitrogens with zero attached hydrogens (tertiary/aromatic N) is 4. The normalized spacial score (nSPS) is 10.7. The minimum Gasteiger partial charge on any atom is -0.496 e. The molecule has 1 N–H and O–H groups in total. The highest BCUT2D eigenvalue weighted by Crippen LogP contribution is 2.25. The number of nitrogens with one attached hydrogen (secondary N) is 1. The predicted molar refractivity (Wildman–Crippen MR) is 104 cm³/mol. The van der Waals surface area contributed by atoms with Crippen LogP contribution < -0.4 is 10.1 Å². The highest BCUT2D eigenvalue weighted by atomic mass is 79.9. The van der Waals surface area contributed by atoms with Crippen molar-refractivity contribution in [2.45, 2.75) is 0 Å². The zero-order chi connectivity index (χ0) is 19.0. The van der Waals surface area contributed by atoms with Gasteiger partial charge in [-0.2, -0.15) is 10.2 Å². The second-order valence-electron chi connectivity index (χ2n) is 5.68. The summed E-state index contributed by atoms with van der Waals surface area (Å²) in [6.07, 6.45) is 1.62. The van der Waals surface area contributed by atoms with Gasteiger partial charge in [-0.25, -0.2) is 4.98 Å². The van der Waals surface area contributed by atoms with Gasteiger partial charge in [0.15, 0.2) is 5.82 Å². The van der Waals surface area contributed by atoms with E-state index in [2.05, 4.69) is 37.3 Å². The number of halogens is 1. The van der Waals surface area contributed by atoms with Crippen LogP contribution in [0, 0.1) is 11.3 Å². The van der Waals surface area contributed by atoms with Crippen LogP contribution in [0.1, 0.15) is 15.9 Å². The number of amides is 1. The molecule has 0 saturated carbocycles. The van der Waals surface area contributed by atoms with Crippen molar-refractivity contribution in [3.8, 4) is 11.8 Å². The van der Waals surface area contributed by atoms with Crippen molar-refractivity contribution < 1.29 is 9.53 Å². The lowest BCUT2D eigenvalue weighted by Crippen LogP contribution is -2.16. The first-order chi connectivity index (χ1) is 13.1. The third kappa shape index (κ3) is 2.98. The maximum atomic E-state index is 12.7. The van der Waals surface area contributed by atoms with Gasteiger partial charge in [0.1, 0.15) is 17.4 Å². The molecule has 0 radical (unpaired) electrons. The molecule has 4 aromatic rings. The Morgan fingerprint density at radius 2 is 2.07 bits per heavy atom. The summed E-state index contributed by atoms with van der Waals surface area (Å²) in [5.74, 6) is 0.526. The van der Waals surface area contributed by atoms with E-state index in [0.29, 0.717) is 17.1 Å². The molecule has 2 aromatic heterocycles. The van der Waals surface area contributed by atoms with Gasteiger partial charge in [-0.3, -0.25) is 9.20 Å². The highest BCUT2D eigenvalue weighted by molar-refractivity contribution is 9.10. The molecule has 0 bridgehead atoms. The fraction of sp³-hybridized carbons (Fsp3) is 0.0526. The van der Waals surface area contributed by atoms with Crippen LogP contribution >= 0.6 is 15.9 Å². The number of fused-ring (bicyclic) bond motifs is 3. The van der Waals surface area contributed by atoms with Crippen LogP contribution in [0.3, 0.4) is 0 Å². The molecule has 0 atom stereocenters. The standard InChI is InChI=1S/C19H12BrN5O2/c1-27-16-7-6-12(20)8-13(16)18(26)23-17-11(9-21)10-25-15-5-3-2-4-14(15)22-19(25)24-17/h2-8,10H,1H3,(H,22,23,24,26). The van der Waals surface area contributed by atoms with E-state index in [1.165, 1.54) is 7.11 Å². The maximum Gasteiger partial charge on any atom is 0.260 e. The third-order valence-corrected chi connectivity index (χ3v) is 4.55. The maximum absolute atomic E-state index is 12.7. The molecule has 0 aliphatic rings. The molecule has 0 aliphatic heterocycles. The van der Waals surface area contributed by atoms with E-state index < -0.39 is 5.91 Å². The summed E-state index contributed by atoms with van der Waals surface area (Å²) in [6.45, 7) is 0. The first-order valence-corrected chi connectivity index (χ1v) is 8.73. The number of aromatic nitrogens is 3. The fourth-order valence-electron chi connectivity index (χ4n) is 2.80. The molecule has 4 rings (SSSR count). The number of carbonyl (C=O) groups is 1. The molecular weight excluding hydrogens is 410 g/mol. The number of imidazole rings is 1. The number of ether oxygens (including phenoxy) is 1. The van der Waals surface area contributed by atoms with Crippen LogP contribution in [-0.2, 0) is 0 Å². The van der Waals surface area contributed by atoms with E-state index in [9.17, 15) is 10.1 Å². The Balaban J connectivity index is 1.80. The van der Waals surface area contributed by atoms with Gasteiger partial charge in [-0.05, 0) is 30.3 Å². The largest absolute Gasteiger partial charge is 0.496 e. The van der Waals surface area contributed by atoms with Crippen LogP contribution in [0.15, 0.2) is 53.1 Å². The van der Waals surface area contributed by atoms with Gasteiger partial charge in [0.2, 0.25) is 5.78 Å². The van der Waals surface area contributed by atoms with Crippen LogP contribution in [0.2, 0.25) is 0 Å². The second kappa shape index (κ2) is 6.70. The minimum absolute atomic E-state index is 0.146.